The maximum absolute atomic E-state index is 9.48. The molecule has 0 amide bonds. The molecule has 7 nitrogen and oxygen atoms in total. The molecule has 0 radical (unpaired) electrons. The Morgan fingerprint density at radius 3 is 2.92 bits per heavy atom. The first-order valence-corrected chi connectivity index (χ1v) is 9.40. The monoisotopic (exact) mass is 341 g/mol. The first kappa shape index (κ1) is 16.6. The molecule has 1 aromatic rings. The zero-order valence-corrected chi connectivity index (χ0v) is 15.1. The highest BCUT2D eigenvalue weighted by molar-refractivity contribution is 5.51. The lowest BCUT2D eigenvalue weighted by atomic mass is 10.1. The largest absolute Gasteiger partial charge is 0.352 e. The Kier molecular flexibility index (Phi) is 4.48. The molecule has 3 fully saturated rings. The van der Waals surface area contributed by atoms with Crippen LogP contribution in [-0.2, 0) is 0 Å². The van der Waals surface area contributed by atoms with Crippen molar-refractivity contribution in [1.82, 2.24) is 20.2 Å². The molecule has 134 valence electrons. The molecule has 3 aliphatic heterocycles. The van der Waals surface area contributed by atoms with E-state index in [1.807, 2.05) is 6.07 Å². The number of anilines is 2. The maximum Gasteiger partial charge on any atom is 0.228 e. The van der Waals surface area contributed by atoms with E-state index in [1.165, 1.54) is 0 Å². The third kappa shape index (κ3) is 3.16. The van der Waals surface area contributed by atoms with E-state index >= 15 is 0 Å². The SMILES string of the molecule is C[C@H]1CN(C)CCCN1c1nc(C#N)cc(N2CCC3NCCC32)n1. The second kappa shape index (κ2) is 6.77. The highest BCUT2D eigenvalue weighted by atomic mass is 15.3. The Labute approximate surface area is 149 Å². The third-order valence-corrected chi connectivity index (χ3v) is 5.81. The summed E-state index contributed by atoms with van der Waals surface area (Å²) in [5.74, 6) is 1.63. The number of fused-ring (bicyclic) bond motifs is 1. The minimum Gasteiger partial charge on any atom is -0.352 e. The molecule has 3 aliphatic rings. The molecule has 1 aromatic heterocycles. The van der Waals surface area contributed by atoms with Gasteiger partial charge in [-0.15, -0.1) is 0 Å². The lowest BCUT2D eigenvalue weighted by Gasteiger charge is -2.30. The molecular formula is C18H27N7. The molecule has 4 rings (SSSR count). The van der Waals surface area contributed by atoms with Gasteiger partial charge in [-0.3, -0.25) is 0 Å². The molecule has 3 saturated heterocycles. The van der Waals surface area contributed by atoms with E-state index in [2.05, 4.69) is 45.0 Å². The lowest BCUT2D eigenvalue weighted by molar-refractivity contribution is 0.337. The Balaban J connectivity index is 1.65. The van der Waals surface area contributed by atoms with E-state index in [4.69, 9.17) is 4.98 Å². The first-order chi connectivity index (χ1) is 12.2. The lowest BCUT2D eigenvalue weighted by Crippen LogP contribution is -2.40. The fourth-order valence-electron chi connectivity index (χ4n) is 4.57. The van der Waals surface area contributed by atoms with Crippen molar-refractivity contribution in [2.24, 2.45) is 0 Å². The molecule has 0 saturated carbocycles. The van der Waals surface area contributed by atoms with E-state index in [9.17, 15) is 5.26 Å². The average Bonchev–Trinajstić information content (AvgIpc) is 3.17. The van der Waals surface area contributed by atoms with Gasteiger partial charge in [-0.1, -0.05) is 0 Å². The standard InChI is InChI=1S/C18H27N7/c1-13-12-23(2)7-3-8-24(13)18-21-14(11-19)10-17(22-18)25-9-5-15-16(25)4-6-20-15/h10,13,15-16,20H,3-9,12H2,1-2H3/t13-,15?,16?/m0/s1. The quantitative estimate of drug-likeness (QED) is 0.854. The maximum atomic E-state index is 9.48. The summed E-state index contributed by atoms with van der Waals surface area (Å²) in [4.78, 5) is 16.5. The molecule has 0 bridgehead atoms. The number of rotatable bonds is 2. The summed E-state index contributed by atoms with van der Waals surface area (Å²) >= 11 is 0. The smallest absolute Gasteiger partial charge is 0.228 e. The summed E-state index contributed by atoms with van der Waals surface area (Å²) in [5, 5.41) is 13.1. The van der Waals surface area contributed by atoms with E-state index in [0.29, 0.717) is 29.8 Å². The second-order valence-electron chi connectivity index (χ2n) is 7.58. The fourth-order valence-corrected chi connectivity index (χ4v) is 4.57. The number of likely N-dealkylation sites (N-methyl/N-ethyl adjacent to an activating group) is 1. The van der Waals surface area contributed by atoms with E-state index in [-0.39, 0.29) is 0 Å². The highest BCUT2D eigenvalue weighted by Crippen LogP contribution is 2.31. The van der Waals surface area contributed by atoms with Crippen LogP contribution in [0.2, 0.25) is 0 Å². The van der Waals surface area contributed by atoms with E-state index in [0.717, 1.165) is 57.8 Å². The van der Waals surface area contributed by atoms with Gasteiger partial charge in [0.15, 0.2) is 0 Å². The van der Waals surface area contributed by atoms with E-state index in [1.54, 1.807) is 0 Å². The van der Waals surface area contributed by atoms with Gasteiger partial charge in [0.1, 0.15) is 17.6 Å². The van der Waals surface area contributed by atoms with Crippen LogP contribution in [0.3, 0.4) is 0 Å². The van der Waals surface area contributed by atoms with Gasteiger partial charge in [-0.2, -0.15) is 10.2 Å². The number of hydrogen-bond acceptors (Lipinski definition) is 7. The molecule has 0 aromatic carbocycles. The summed E-state index contributed by atoms with van der Waals surface area (Å²) in [6.45, 7) is 7.32. The average molecular weight is 341 g/mol. The van der Waals surface area contributed by atoms with E-state index < -0.39 is 0 Å². The molecule has 1 N–H and O–H groups in total. The van der Waals surface area contributed by atoms with Crippen molar-refractivity contribution in [3.05, 3.63) is 11.8 Å². The number of nitrogens with zero attached hydrogens (tertiary/aromatic N) is 6. The van der Waals surface area contributed by atoms with Crippen LogP contribution < -0.4 is 15.1 Å². The van der Waals surface area contributed by atoms with Crippen molar-refractivity contribution in [2.45, 2.75) is 44.3 Å². The number of nitriles is 1. The van der Waals surface area contributed by atoms with Crippen LogP contribution in [-0.4, -0.2) is 72.8 Å². The molecule has 4 heterocycles. The van der Waals surface area contributed by atoms with Gasteiger partial charge >= 0.3 is 0 Å². The fraction of sp³-hybridized carbons (Fsp3) is 0.722. The van der Waals surface area contributed by atoms with Crippen molar-refractivity contribution in [3.8, 4) is 6.07 Å². The molecular weight excluding hydrogens is 314 g/mol. The summed E-state index contributed by atoms with van der Waals surface area (Å²) in [5.41, 5.74) is 0.471. The molecule has 2 unspecified atom stereocenters. The zero-order valence-electron chi connectivity index (χ0n) is 15.1. The zero-order chi connectivity index (χ0) is 17.4. The van der Waals surface area contributed by atoms with Crippen molar-refractivity contribution in [3.63, 3.8) is 0 Å². The van der Waals surface area contributed by atoms with Gasteiger partial charge in [0.25, 0.3) is 0 Å². The van der Waals surface area contributed by atoms with Crippen LogP contribution >= 0.6 is 0 Å². The second-order valence-corrected chi connectivity index (χ2v) is 7.58. The number of nitrogens with one attached hydrogen (secondary N) is 1. The van der Waals surface area contributed by atoms with Gasteiger partial charge in [-0.05, 0) is 46.3 Å². The van der Waals surface area contributed by atoms with Crippen LogP contribution in [0, 0.1) is 11.3 Å². The summed E-state index contributed by atoms with van der Waals surface area (Å²) in [6.07, 6.45) is 3.39. The highest BCUT2D eigenvalue weighted by Gasteiger charge is 2.38. The summed E-state index contributed by atoms with van der Waals surface area (Å²) in [6, 6.07) is 5.51. The normalized spacial score (nSPS) is 30.2. The predicted octanol–water partition coefficient (Wildman–Crippen LogP) is 0.819. The Morgan fingerprint density at radius 1 is 1.20 bits per heavy atom. The van der Waals surface area contributed by atoms with Gasteiger partial charge in [0, 0.05) is 43.8 Å². The molecule has 0 aliphatic carbocycles. The molecule has 0 spiro atoms. The van der Waals surface area contributed by atoms with Crippen LogP contribution in [0.25, 0.3) is 0 Å². The Bertz CT molecular complexity index is 670. The minimum absolute atomic E-state index is 0.341. The molecule has 3 atom stereocenters. The summed E-state index contributed by atoms with van der Waals surface area (Å²) in [7, 11) is 2.16. The van der Waals surface area contributed by atoms with Crippen molar-refractivity contribution >= 4 is 11.8 Å². The topological polar surface area (TPSA) is 71.3 Å². The van der Waals surface area contributed by atoms with Crippen LogP contribution in [0.5, 0.6) is 0 Å². The predicted molar refractivity (Wildman–Crippen MR) is 97.8 cm³/mol. The number of aromatic nitrogens is 2. The van der Waals surface area contributed by atoms with Gasteiger partial charge < -0.3 is 20.0 Å². The van der Waals surface area contributed by atoms with Gasteiger partial charge in [0.05, 0.1) is 0 Å². The molecule has 7 heteroatoms. The Morgan fingerprint density at radius 2 is 2.08 bits per heavy atom. The van der Waals surface area contributed by atoms with Crippen molar-refractivity contribution in [1.29, 1.82) is 5.26 Å². The first-order valence-electron chi connectivity index (χ1n) is 9.40. The van der Waals surface area contributed by atoms with Crippen LogP contribution in [0.4, 0.5) is 11.8 Å². The molecule has 25 heavy (non-hydrogen) atoms. The number of hydrogen-bond donors (Lipinski definition) is 1. The van der Waals surface area contributed by atoms with Gasteiger partial charge in [0.2, 0.25) is 5.95 Å². The minimum atomic E-state index is 0.341. The summed E-state index contributed by atoms with van der Waals surface area (Å²) < 4.78 is 0. The van der Waals surface area contributed by atoms with Gasteiger partial charge in [-0.25, -0.2) is 4.98 Å². The van der Waals surface area contributed by atoms with Crippen LogP contribution in [0.15, 0.2) is 6.07 Å². The van der Waals surface area contributed by atoms with Crippen molar-refractivity contribution in [2.75, 3.05) is 49.6 Å². The Hall–Kier alpha value is -1.91. The third-order valence-electron chi connectivity index (χ3n) is 5.81. The van der Waals surface area contributed by atoms with Crippen LogP contribution in [0.1, 0.15) is 31.9 Å². The van der Waals surface area contributed by atoms with Crippen molar-refractivity contribution < 1.29 is 0 Å².